The molecule has 0 saturated carbocycles. The Morgan fingerprint density at radius 2 is 1.57 bits per heavy atom. The van der Waals surface area contributed by atoms with Gasteiger partial charge in [-0.2, -0.15) is 0 Å². The summed E-state index contributed by atoms with van der Waals surface area (Å²) in [6.45, 7) is 1.24. The number of aliphatic hydroxyl groups is 5. The lowest BCUT2D eigenvalue weighted by Crippen LogP contribution is -2.59. The van der Waals surface area contributed by atoms with E-state index in [-0.39, 0.29) is 31.1 Å². The third-order valence-corrected chi connectivity index (χ3v) is 6.25. The number of carbonyl (C=O) groups is 2. The van der Waals surface area contributed by atoms with Gasteiger partial charge in [-0.1, -0.05) is 60.8 Å². The molecule has 2 rings (SSSR count). The van der Waals surface area contributed by atoms with Crippen LogP contribution in [0.5, 0.6) is 0 Å². The summed E-state index contributed by atoms with van der Waals surface area (Å²) < 4.78 is 16.6. The van der Waals surface area contributed by atoms with E-state index in [9.17, 15) is 35.1 Å². The van der Waals surface area contributed by atoms with Crippen LogP contribution in [0.1, 0.15) is 45.4 Å². The maximum absolute atomic E-state index is 12.1. The predicted molar refractivity (Wildman–Crippen MR) is 148 cm³/mol. The van der Waals surface area contributed by atoms with Gasteiger partial charge in [-0.15, -0.1) is 0 Å². The summed E-state index contributed by atoms with van der Waals surface area (Å²) in [4.78, 5) is 24.1. The lowest BCUT2D eigenvalue weighted by Gasteiger charge is -2.40. The van der Waals surface area contributed by atoms with Crippen LogP contribution in [0.15, 0.2) is 72.9 Å². The molecule has 2 heterocycles. The van der Waals surface area contributed by atoms with E-state index in [2.05, 4.69) is 0 Å². The smallest absolute Gasteiger partial charge is 0.331 e. The average molecular weight is 563 g/mol. The zero-order valence-electron chi connectivity index (χ0n) is 22.8. The molecular formula is C30H42O10. The first-order valence-corrected chi connectivity index (χ1v) is 13.6. The number of aliphatic hydroxyl groups excluding tert-OH is 5. The van der Waals surface area contributed by atoms with Gasteiger partial charge in [-0.3, -0.25) is 4.79 Å². The fourth-order valence-corrected chi connectivity index (χ4v) is 4.00. The first-order valence-electron chi connectivity index (χ1n) is 13.6. The van der Waals surface area contributed by atoms with Gasteiger partial charge < -0.3 is 39.7 Å². The summed E-state index contributed by atoms with van der Waals surface area (Å²) in [5.41, 5.74) is 0. The lowest BCUT2D eigenvalue weighted by atomic mass is 9.99. The van der Waals surface area contributed by atoms with Crippen molar-refractivity contribution >= 4 is 11.8 Å². The van der Waals surface area contributed by atoms with E-state index in [4.69, 9.17) is 14.2 Å². The van der Waals surface area contributed by atoms with Gasteiger partial charge >= 0.3 is 5.97 Å². The number of hydrogen-bond acceptors (Lipinski definition) is 10. The highest BCUT2D eigenvalue weighted by molar-refractivity contribution is 5.90. The summed E-state index contributed by atoms with van der Waals surface area (Å²) in [6.07, 6.45) is 13.7. The van der Waals surface area contributed by atoms with Gasteiger partial charge in [-0.05, 0) is 45.1 Å². The lowest BCUT2D eigenvalue weighted by molar-refractivity contribution is -0.307. The Balaban J connectivity index is 2.13. The third kappa shape index (κ3) is 12.6. The normalized spacial score (nSPS) is 38.8. The molecule has 10 nitrogen and oxygen atoms in total. The second kappa shape index (κ2) is 18.6. The summed E-state index contributed by atoms with van der Waals surface area (Å²) in [5, 5.41) is 50.0. The van der Waals surface area contributed by atoms with Crippen molar-refractivity contribution in [2.45, 2.75) is 94.5 Å². The van der Waals surface area contributed by atoms with Crippen LogP contribution in [0.25, 0.3) is 0 Å². The van der Waals surface area contributed by atoms with Crippen molar-refractivity contribution in [3.05, 3.63) is 72.9 Å². The van der Waals surface area contributed by atoms with Gasteiger partial charge in [-0.25, -0.2) is 4.79 Å². The molecule has 0 unspecified atom stereocenters. The van der Waals surface area contributed by atoms with Gasteiger partial charge in [0.2, 0.25) is 0 Å². The highest BCUT2D eigenvalue weighted by Gasteiger charge is 2.44. The third-order valence-electron chi connectivity index (χ3n) is 6.25. The fraction of sp³-hybridized carbons (Fsp3) is 0.533. The number of cyclic esters (lactones) is 1. The van der Waals surface area contributed by atoms with E-state index in [1.165, 1.54) is 12.2 Å². The second-order valence-corrected chi connectivity index (χ2v) is 9.73. The van der Waals surface area contributed by atoms with Crippen molar-refractivity contribution in [1.29, 1.82) is 0 Å². The number of hydrogen-bond donors (Lipinski definition) is 5. The second-order valence-electron chi connectivity index (χ2n) is 9.73. The number of carbonyl (C=O) groups excluding carboxylic acids is 2. The van der Waals surface area contributed by atoms with Crippen LogP contribution in [0.3, 0.4) is 0 Å². The standard InChI is InChI=1S/C30H42O10/c1-21-13-7-3-2-4-8-14-22(32)19-23(33)15-9-5-10-16-24(17-11-6-12-18-26(34)38-21)39-30-29(37)28(36)27(35)25(20-31)40-30/h2,4-6,8-12,14,16,18,21,23-25,27-31,33,35-37H,3,7,13,15,17,19-20H2,1H3/b4-2+,9-5-,11-6+,14-8+,16-10+,18-12-/t21-,23+,24-,25-,27-,28+,29-,30-/m1/s1. The molecule has 2 aliphatic rings. The molecule has 0 aromatic carbocycles. The molecule has 222 valence electrons. The Kier molecular flexibility index (Phi) is 15.6. The fourth-order valence-electron chi connectivity index (χ4n) is 4.00. The van der Waals surface area contributed by atoms with E-state index in [0.717, 1.165) is 12.8 Å². The monoisotopic (exact) mass is 562 g/mol. The van der Waals surface area contributed by atoms with E-state index < -0.39 is 55.5 Å². The molecule has 1 fully saturated rings. The minimum Gasteiger partial charge on any atom is -0.460 e. The minimum atomic E-state index is -1.57. The maximum atomic E-state index is 12.1. The highest BCUT2D eigenvalue weighted by Crippen LogP contribution is 2.24. The van der Waals surface area contributed by atoms with Crippen molar-refractivity contribution in [3.8, 4) is 0 Å². The molecule has 0 spiro atoms. The zero-order valence-corrected chi connectivity index (χ0v) is 22.8. The van der Waals surface area contributed by atoms with Gasteiger partial charge in [0.25, 0.3) is 0 Å². The molecule has 2 aliphatic heterocycles. The Hall–Kier alpha value is -2.70. The number of allylic oxidation sites excluding steroid dienone is 8. The Morgan fingerprint density at radius 3 is 2.35 bits per heavy atom. The molecule has 5 N–H and O–H groups in total. The molecule has 10 heteroatoms. The predicted octanol–water partition coefficient (Wildman–Crippen LogP) is 1.72. The minimum absolute atomic E-state index is 0.0115. The summed E-state index contributed by atoms with van der Waals surface area (Å²) >= 11 is 0. The largest absolute Gasteiger partial charge is 0.460 e. The van der Waals surface area contributed by atoms with Crippen LogP contribution in [0.2, 0.25) is 0 Å². The Bertz CT molecular complexity index is 948. The van der Waals surface area contributed by atoms with Crippen molar-refractivity contribution in [2.24, 2.45) is 0 Å². The number of rotatable bonds is 3. The van der Waals surface area contributed by atoms with Crippen LogP contribution in [-0.4, -0.2) is 92.9 Å². The summed E-state index contributed by atoms with van der Waals surface area (Å²) in [6, 6.07) is 0. The number of ketones is 1. The molecule has 0 amide bonds. The molecule has 0 aromatic heterocycles. The molecule has 0 radical (unpaired) electrons. The van der Waals surface area contributed by atoms with Gasteiger partial charge in [0.15, 0.2) is 12.1 Å². The molecule has 8 atom stereocenters. The van der Waals surface area contributed by atoms with Gasteiger partial charge in [0.1, 0.15) is 24.4 Å². The van der Waals surface area contributed by atoms with Crippen LogP contribution in [0.4, 0.5) is 0 Å². The molecule has 40 heavy (non-hydrogen) atoms. The van der Waals surface area contributed by atoms with E-state index in [1.807, 2.05) is 13.0 Å². The maximum Gasteiger partial charge on any atom is 0.331 e. The van der Waals surface area contributed by atoms with E-state index >= 15 is 0 Å². The molecule has 0 bridgehead atoms. The SMILES string of the molecule is C[C@@H]1CCC/C=C/C=C/C(=O)C[C@@H](O)C/C=C\C=C\[C@@H](O[C@@H]2O[C@H](CO)[C@@H](O)[C@H](O)[C@H]2O)C/C=C/C=C\C(=O)O1. The van der Waals surface area contributed by atoms with Crippen LogP contribution in [-0.2, 0) is 23.8 Å². The van der Waals surface area contributed by atoms with Crippen LogP contribution < -0.4 is 0 Å². The quantitative estimate of drug-likeness (QED) is 0.320. The van der Waals surface area contributed by atoms with Crippen LogP contribution >= 0.6 is 0 Å². The van der Waals surface area contributed by atoms with Crippen molar-refractivity contribution in [1.82, 2.24) is 0 Å². The average Bonchev–Trinajstić information content (AvgIpc) is 2.91. The van der Waals surface area contributed by atoms with Crippen LogP contribution in [0, 0.1) is 0 Å². The highest BCUT2D eigenvalue weighted by atomic mass is 16.7. The number of ether oxygens (including phenoxy) is 3. The Morgan fingerprint density at radius 1 is 0.875 bits per heavy atom. The summed E-state index contributed by atoms with van der Waals surface area (Å²) in [5.74, 6) is -0.658. The zero-order chi connectivity index (χ0) is 29.3. The first-order chi connectivity index (χ1) is 19.2. The summed E-state index contributed by atoms with van der Waals surface area (Å²) in [7, 11) is 0. The van der Waals surface area contributed by atoms with E-state index in [0.29, 0.717) is 6.42 Å². The molecule has 0 aromatic rings. The number of esters is 1. The molecule has 1 saturated heterocycles. The molecular weight excluding hydrogens is 520 g/mol. The van der Waals surface area contributed by atoms with Crippen molar-refractivity contribution < 1.29 is 49.3 Å². The first kappa shape index (κ1) is 33.5. The Labute approximate surface area is 235 Å². The van der Waals surface area contributed by atoms with E-state index in [1.54, 1.807) is 54.7 Å². The van der Waals surface area contributed by atoms with Gasteiger partial charge in [0.05, 0.1) is 24.9 Å². The van der Waals surface area contributed by atoms with Crippen molar-refractivity contribution in [2.75, 3.05) is 6.61 Å². The van der Waals surface area contributed by atoms with Crippen molar-refractivity contribution in [3.63, 3.8) is 0 Å². The van der Waals surface area contributed by atoms with Gasteiger partial charge in [0, 0.05) is 12.5 Å². The molecule has 0 aliphatic carbocycles. The topological polar surface area (TPSA) is 163 Å².